The number of hydrogen-bond acceptors (Lipinski definition) is 3. The van der Waals surface area contributed by atoms with Crippen LogP contribution in [-0.4, -0.2) is 22.4 Å². The van der Waals surface area contributed by atoms with E-state index in [1.807, 2.05) is 24.3 Å². The Labute approximate surface area is 124 Å². The van der Waals surface area contributed by atoms with E-state index >= 15 is 0 Å². The summed E-state index contributed by atoms with van der Waals surface area (Å²) in [7, 11) is 0. The molecule has 1 N–H and O–H groups in total. The molecule has 0 spiro atoms. The van der Waals surface area contributed by atoms with E-state index < -0.39 is 0 Å². The van der Waals surface area contributed by atoms with Crippen LogP contribution in [0.25, 0.3) is 0 Å². The SMILES string of the molecule is O=C(NCCc1cccc(Cl)c1)c1cnc(Br)cn1. The van der Waals surface area contributed by atoms with E-state index in [1.54, 1.807) is 0 Å². The maximum absolute atomic E-state index is 11.8. The predicted octanol–water partition coefficient (Wildman–Crippen LogP) is 2.87. The number of amides is 1. The molecule has 6 heteroatoms. The van der Waals surface area contributed by atoms with Gasteiger partial charge in [0.2, 0.25) is 0 Å². The van der Waals surface area contributed by atoms with Gasteiger partial charge >= 0.3 is 0 Å². The molecular formula is C13H11BrClN3O. The Morgan fingerprint density at radius 1 is 1.32 bits per heavy atom. The van der Waals surface area contributed by atoms with E-state index in [9.17, 15) is 4.79 Å². The molecule has 1 heterocycles. The van der Waals surface area contributed by atoms with Crippen LogP contribution in [0.5, 0.6) is 0 Å². The summed E-state index contributed by atoms with van der Waals surface area (Å²) in [6.07, 6.45) is 3.64. The zero-order chi connectivity index (χ0) is 13.7. The smallest absolute Gasteiger partial charge is 0.271 e. The van der Waals surface area contributed by atoms with Crippen molar-refractivity contribution in [3.05, 3.63) is 57.5 Å². The quantitative estimate of drug-likeness (QED) is 0.931. The number of rotatable bonds is 4. The van der Waals surface area contributed by atoms with Crippen molar-refractivity contribution < 1.29 is 4.79 Å². The molecule has 4 nitrogen and oxygen atoms in total. The molecule has 0 aliphatic carbocycles. The van der Waals surface area contributed by atoms with Crippen LogP contribution in [0.4, 0.5) is 0 Å². The number of carbonyl (C=O) groups is 1. The van der Waals surface area contributed by atoms with Gasteiger partial charge in [-0.3, -0.25) is 4.79 Å². The topological polar surface area (TPSA) is 54.9 Å². The predicted molar refractivity (Wildman–Crippen MR) is 77.2 cm³/mol. The normalized spacial score (nSPS) is 10.2. The van der Waals surface area contributed by atoms with E-state index in [-0.39, 0.29) is 5.91 Å². The van der Waals surface area contributed by atoms with Gasteiger partial charge < -0.3 is 5.32 Å². The summed E-state index contributed by atoms with van der Waals surface area (Å²) in [6, 6.07) is 7.56. The summed E-state index contributed by atoms with van der Waals surface area (Å²) < 4.78 is 0.600. The minimum Gasteiger partial charge on any atom is -0.350 e. The molecule has 0 fully saturated rings. The highest BCUT2D eigenvalue weighted by Gasteiger charge is 2.06. The number of nitrogens with one attached hydrogen (secondary N) is 1. The van der Waals surface area contributed by atoms with Crippen molar-refractivity contribution >= 4 is 33.4 Å². The van der Waals surface area contributed by atoms with Gasteiger partial charge in [0.05, 0.1) is 12.4 Å². The molecular weight excluding hydrogens is 330 g/mol. The molecule has 1 aromatic heterocycles. The number of nitrogens with zero attached hydrogens (tertiary/aromatic N) is 2. The molecule has 1 amide bonds. The van der Waals surface area contributed by atoms with Crippen LogP contribution in [0.2, 0.25) is 5.02 Å². The third-order valence-electron chi connectivity index (χ3n) is 2.44. The summed E-state index contributed by atoms with van der Waals surface area (Å²) >= 11 is 9.05. The van der Waals surface area contributed by atoms with Crippen LogP contribution in [-0.2, 0) is 6.42 Å². The molecule has 0 atom stereocenters. The number of halogens is 2. The first-order valence-electron chi connectivity index (χ1n) is 5.65. The Balaban J connectivity index is 1.86. The van der Waals surface area contributed by atoms with Crippen molar-refractivity contribution in [3.8, 4) is 0 Å². The van der Waals surface area contributed by atoms with E-state index in [4.69, 9.17) is 11.6 Å². The highest BCUT2D eigenvalue weighted by atomic mass is 79.9. The molecule has 19 heavy (non-hydrogen) atoms. The van der Waals surface area contributed by atoms with Crippen molar-refractivity contribution in [3.63, 3.8) is 0 Å². The third-order valence-corrected chi connectivity index (χ3v) is 3.09. The lowest BCUT2D eigenvalue weighted by Gasteiger charge is -2.05. The molecule has 0 aliphatic rings. The Bertz CT molecular complexity index is 574. The second-order valence-electron chi connectivity index (χ2n) is 3.86. The number of carbonyl (C=O) groups excluding carboxylic acids is 1. The highest BCUT2D eigenvalue weighted by Crippen LogP contribution is 2.10. The van der Waals surface area contributed by atoms with Gasteiger partial charge in [-0.2, -0.15) is 0 Å². The Kier molecular flexibility index (Phi) is 4.87. The minimum atomic E-state index is -0.234. The lowest BCUT2D eigenvalue weighted by atomic mass is 10.1. The molecule has 0 bridgehead atoms. The minimum absolute atomic E-state index is 0.234. The van der Waals surface area contributed by atoms with Crippen LogP contribution in [0.1, 0.15) is 16.1 Å². The van der Waals surface area contributed by atoms with Gasteiger partial charge in [0.1, 0.15) is 10.3 Å². The summed E-state index contributed by atoms with van der Waals surface area (Å²) in [5.74, 6) is -0.234. The van der Waals surface area contributed by atoms with Crippen LogP contribution >= 0.6 is 27.5 Å². The fourth-order valence-electron chi connectivity index (χ4n) is 1.53. The van der Waals surface area contributed by atoms with Crippen LogP contribution in [0.15, 0.2) is 41.3 Å². The maximum atomic E-state index is 11.8. The number of aromatic nitrogens is 2. The summed E-state index contributed by atoms with van der Waals surface area (Å²) in [6.45, 7) is 0.525. The average Bonchev–Trinajstić information content (AvgIpc) is 2.39. The molecule has 98 valence electrons. The first kappa shape index (κ1) is 14.0. The zero-order valence-corrected chi connectivity index (χ0v) is 12.3. The Morgan fingerprint density at radius 3 is 2.84 bits per heavy atom. The van der Waals surface area contributed by atoms with E-state index in [1.165, 1.54) is 12.4 Å². The fourth-order valence-corrected chi connectivity index (χ4v) is 1.95. The Morgan fingerprint density at radius 2 is 2.16 bits per heavy atom. The van der Waals surface area contributed by atoms with E-state index in [2.05, 4.69) is 31.2 Å². The lowest BCUT2D eigenvalue weighted by molar-refractivity contribution is 0.0948. The summed E-state index contributed by atoms with van der Waals surface area (Å²) in [5.41, 5.74) is 1.38. The van der Waals surface area contributed by atoms with Gasteiger partial charge in [-0.25, -0.2) is 9.97 Å². The number of benzene rings is 1. The molecule has 0 saturated heterocycles. The second-order valence-corrected chi connectivity index (χ2v) is 5.11. The molecule has 2 rings (SSSR count). The highest BCUT2D eigenvalue weighted by molar-refractivity contribution is 9.10. The summed E-state index contributed by atoms with van der Waals surface area (Å²) in [5, 5.41) is 3.48. The third kappa shape index (κ3) is 4.29. The van der Waals surface area contributed by atoms with E-state index in [0.29, 0.717) is 21.9 Å². The van der Waals surface area contributed by atoms with Crippen LogP contribution in [0.3, 0.4) is 0 Å². The van der Waals surface area contributed by atoms with Gasteiger partial charge in [-0.05, 0) is 40.0 Å². The second kappa shape index (κ2) is 6.63. The first-order chi connectivity index (χ1) is 9.15. The maximum Gasteiger partial charge on any atom is 0.271 e. The largest absolute Gasteiger partial charge is 0.350 e. The average molecular weight is 341 g/mol. The van der Waals surface area contributed by atoms with Crippen molar-refractivity contribution in [2.24, 2.45) is 0 Å². The number of hydrogen-bond donors (Lipinski definition) is 1. The van der Waals surface area contributed by atoms with Crippen molar-refractivity contribution in [1.29, 1.82) is 0 Å². The summed E-state index contributed by atoms with van der Waals surface area (Å²) in [4.78, 5) is 19.7. The monoisotopic (exact) mass is 339 g/mol. The standard InChI is InChI=1S/C13H11BrClN3O/c14-12-8-17-11(7-18-12)13(19)16-5-4-9-2-1-3-10(15)6-9/h1-3,6-8H,4-5H2,(H,16,19). The van der Waals surface area contributed by atoms with Crippen molar-refractivity contribution in [2.75, 3.05) is 6.54 Å². The molecule has 0 saturated carbocycles. The molecule has 0 unspecified atom stereocenters. The molecule has 1 aromatic carbocycles. The van der Waals surface area contributed by atoms with Gasteiger partial charge in [-0.15, -0.1) is 0 Å². The zero-order valence-electron chi connectivity index (χ0n) is 9.94. The fraction of sp³-hybridized carbons (Fsp3) is 0.154. The van der Waals surface area contributed by atoms with Gasteiger partial charge in [0, 0.05) is 11.6 Å². The van der Waals surface area contributed by atoms with Gasteiger partial charge in [0.25, 0.3) is 5.91 Å². The molecule has 0 radical (unpaired) electrons. The van der Waals surface area contributed by atoms with Gasteiger partial charge in [-0.1, -0.05) is 23.7 Å². The lowest BCUT2D eigenvalue weighted by Crippen LogP contribution is -2.26. The molecule has 0 aliphatic heterocycles. The first-order valence-corrected chi connectivity index (χ1v) is 6.82. The van der Waals surface area contributed by atoms with Gasteiger partial charge in [0.15, 0.2) is 0 Å². The van der Waals surface area contributed by atoms with Crippen LogP contribution < -0.4 is 5.32 Å². The Hall–Kier alpha value is -1.46. The van der Waals surface area contributed by atoms with Crippen LogP contribution in [0, 0.1) is 0 Å². The molecule has 2 aromatic rings. The van der Waals surface area contributed by atoms with E-state index in [0.717, 1.165) is 12.0 Å². The van der Waals surface area contributed by atoms with Crippen molar-refractivity contribution in [1.82, 2.24) is 15.3 Å². The van der Waals surface area contributed by atoms with Crippen molar-refractivity contribution in [2.45, 2.75) is 6.42 Å².